The Morgan fingerprint density at radius 3 is 2.89 bits per heavy atom. The molecule has 0 saturated heterocycles. The van der Waals surface area contributed by atoms with Crippen molar-refractivity contribution < 1.29 is 4.74 Å². The lowest BCUT2D eigenvalue weighted by Crippen LogP contribution is -2.24. The predicted octanol–water partition coefficient (Wildman–Crippen LogP) is 2.83. The molecule has 1 saturated carbocycles. The van der Waals surface area contributed by atoms with Gasteiger partial charge < -0.3 is 10.1 Å². The highest BCUT2D eigenvalue weighted by Crippen LogP contribution is 2.19. The molecule has 1 aliphatic rings. The number of pyridine rings is 1. The number of hydrogen-bond donors (Lipinski definition) is 1. The van der Waals surface area contributed by atoms with Gasteiger partial charge in [0.05, 0.1) is 12.7 Å². The van der Waals surface area contributed by atoms with E-state index in [9.17, 15) is 0 Å². The highest BCUT2D eigenvalue weighted by atomic mass is 16.5. The van der Waals surface area contributed by atoms with Crippen molar-refractivity contribution in [2.75, 3.05) is 13.2 Å². The van der Waals surface area contributed by atoms with Gasteiger partial charge in [-0.3, -0.25) is 4.98 Å². The Bertz CT molecular complexity index is 348. The fraction of sp³-hybridized carbons (Fsp3) is 0.667. The van der Waals surface area contributed by atoms with Crippen LogP contribution in [0.2, 0.25) is 0 Å². The molecule has 0 aliphatic heterocycles. The zero-order chi connectivity index (χ0) is 12.6. The molecule has 0 atom stereocenters. The van der Waals surface area contributed by atoms with Gasteiger partial charge in [-0.05, 0) is 30.9 Å². The van der Waals surface area contributed by atoms with Gasteiger partial charge >= 0.3 is 0 Å². The maximum absolute atomic E-state index is 5.87. The SMILES string of the molecule is Cc1cncc(CNCCOC2CCCCC2)c1. The van der Waals surface area contributed by atoms with Gasteiger partial charge in [-0.2, -0.15) is 0 Å². The Balaban J connectivity index is 1.55. The zero-order valence-electron chi connectivity index (χ0n) is 11.3. The van der Waals surface area contributed by atoms with E-state index < -0.39 is 0 Å². The number of ether oxygens (including phenoxy) is 1. The van der Waals surface area contributed by atoms with Crippen LogP contribution in [-0.4, -0.2) is 24.2 Å². The van der Waals surface area contributed by atoms with Crippen molar-refractivity contribution in [1.29, 1.82) is 0 Å². The standard InChI is InChI=1S/C15H24N2O/c1-13-9-14(12-17-10-13)11-16-7-8-18-15-5-3-2-4-6-15/h9-10,12,15-16H,2-8,11H2,1H3. The van der Waals surface area contributed by atoms with Crippen molar-refractivity contribution in [3.05, 3.63) is 29.6 Å². The fourth-order valence-corrected chi connectivity index (χ4v) is 2.48. The summed E-state index contributed by atoms with van der Waals surface area (Å²) in [5, 5.41) is 3.40. The van der Waals surface area contributed by atoms with Gasteiger partial charge in [0.1, 0.15) is 0 Å². The summed E-state index contributed by atoms with van der Waals surface area (Å²) in [6.07, 6.45) is 10.9. The molecule has 3 nitrogen and oxygen atoms in total. The molecule has 0 unspecified atom stereocenters. The second-order valence-electron chi connectivity index (χ2n) is 5.18. The molecule has 1 aliphatic carbocycles. The highest BCUT2D eigenvalue weighted by molar-refractivity contribution is 5.16. The molecular weight excluding hydrogens is 224 g/mol. The molecule has 1 aromatic heterocycles. The third kappa shape index (κ3) is 4.75. The molecule has 100 valence electrons. The van der Waals surface area contributed by atoms with E-state index in [1.165, 1.54) is 43.2 Å². The minimum absolute atomic E-state index is 0.515. The minimum atomic E-state index is 0.515. The molecular formula is C15H24N2O. The Morgan fingerprint density at radius 1 is 1.28 bits per heavy atom. The van der Waals surface area contributed by atoms with Crippen molar-refractivity contribution in [3.8, 4) is 0 Å². The summed E-state index contributed by atoms with van der Waals surface area (Å²) in [4.78, 5) is 4.19. The van der Waals surface area contributed by atoms with Gasteiger partial charge in [-0.1, -0.05) is 25.3 Å². The summed E-state index contributed by atoms with van der Waals surface area (Å²) in [5.74, 6) is 0. The topological polar surface area (TPSA) is 34.2 Å². The summed E-state index contributed by atoms with van der Waals surface area (Å²) in [6.45, 7) is 4.69. The molecule has 18 heavy (non-hydrogen) atoms. The second-order valence-corrected chi connectivity index (χ2v) is 5.18. The maximum Gasteiger partial charge on any atom is 0.0594 e. The van der Waals surface area contributed by atoms with E-state index in [4.69, 9.17) is 4.74 Å². The first-order chi connectivity index (χ1) is 8.84. The average Bonchev–Trinajstić information content (AvgIpc) is 2.40. The quantitative estimate of drug-likeness (QED) is 0.786. The Labute approximate surface area is 110 Å². The molecule has 1 fully saturated rings. The summed E-state index contributed by atoms with van der Waals surface area (Å²) < 4.78 is 5.87. The van der Waals surface area contributed by atoms with Crippen LogP contribution in [0.1, 0.15) is 43.2 Å². The van der Waals surface area contributed by atoms with Crippen LogP contribution in [0.25, 0.3) is 0 Å². The molecule has 0 bridgehead atoms. The van der Waals surface area contributed by atoms with E-state index >= 15 is 0 Å². The summed E-state index contributed by atoms with van der Waals surface area (Å²) >= 11 is 0. The molecule has 0 spiro atoms. The zero-order valence-corrected chi connectivity index (χ0v) is 11.3. The molecule has 1 heterocycles. The summed E-state index contributed by atoms with van der Waals surface area (Å²) in [5.41, 5.74) is 2.46. The van der Waals surface area contributed by atoms with Gasteiger partial charge in [0.15, 0.2) is 0 Å². The summed E-state index contributed by atoms with van der Waals surface area (Å²) in [7, 11) is 0. The number of aryl methyl sites for hydroxylation is 1. The van der Waals surface area contributed by atoms with Crippen LogP contribution in [0.3, 0.4) is 0 Å². The Morgan fingerprint density at radius 2 is 2.11 bits per heavy atom. The van der Waals surface area contributed by atoms with Crippen molar-refractivity contribution in [2.45, 2.75) is 51.7 Å². The van der Waals surface area contributed by atoms with Crippen LogP contribution in [0.5, 0.6) is 0 Å². The lowest BCUT2D eigenvalue weighted by molar-refractivity contribution is 0.0302. The van der Waals surface area contributed by atoms with Gasteiger partial charge in [0, 0.05) is 25.5 Å². The molecule has 0 radical (unpaired) electrons. The molecule has 0 aromatic carbocycles. The van der Waals surface area contributed by atoms with Crippen LogP contribution < -0.4 is 5.32 Å². The fourth-order valence-electron chi connectivity index (χ4n) is 2.48. The number of rotatable bonds is 6. The summed E-state index contributed by atoms with van der Waals surface area (Å²) in [6, 6.07) is 2.17. The van der Waals surface area contributed by atoms with Crippen molar-refractivity contribution >= 4 is 0 Å². The van der Waals surface area contributed by atoms with E-state index in [-0.39, 0.29) is 0 Å². The number of nitrogens with zero attached hydrogens (tertiary/aromatic N) is 1. The van der Waals surface area contributed by atoms with Gasteiger partial charge in [0.25, 0.3) is 0 Å². The number of hydrogen-bond acceptors (Lipinski definition) is 3. The van der Waals surface area contributed by atoms with E-state index in [0.29, 0.717) is 6.10 Å². The van der Waals surface area contributed by atoms with Crippen LogP contribution in [-0.2, 0) is 11.3 Å². The van der Waals surface area contributed by atoms with Crippen LogP contribution in [0.15, 0.2) is 18.5 Å². The van der Waals surface area contributed by atoms with E-state index in [0.717, 1.165) is 19.7 Å². The highest BCUT2D eigenvalue weighted by Gasteiger charge is 2.12. The normalized spacial score (nSPS) is 16.9. The largest absolute Gasteiger partial charge is 0.377 e. The third-order valence-electron chi connectivity index (χ3n) is 3.45. The monoisotopic (exact) mass is 248 g/mol. The van der Waals surface area contributed by atoms with Gasteiger partial charge in [0.2, 0.25) is 0 Å². The van der Waals surface area contributed by atoms with E-state index in [1.54, 1.807) is 0 Å². The van der Waals surface area contributed by atoms with Gasteiger partial charge in [-0.15, -0.1) is 0 Å². The minimum Gasteiger partial charge on any atom is -0.377 e. The lowest BCUT2D eigenvalue weighted by Gasteiger charge is -2.22. The van der Waals surface area contributed by atoms with Crippen molar-refractivity contribution in [2.24, 2.45) is 0 Å². The first-order valence-electron chi connectivity index (χ1n) is 7.07. The third-order valence-corrected chi connectivity index (χ3v) is 3.45. The lowest BCUT2D eigenvalue weighted by atomic mass is 9.98. The van der Waals surface area contributed by atoms with E-state index in [2.05, 4.69) is 23.3 Å². The predicted molar refractivity (Wildman–Crippen MR) is 73.5 cm³/mol. The first-order valence-corrected chi connectivity index (χ1v) is 7.07. The second kappa shape index (κ2) is 7.49. The first kappa shape index (κ1) is 13.5. The van der Waals surface area contributed by atoms with Crippen LogP contribution in [0.4, 0.5) is 0 Å². The molecule has 0 amide bonds. The Kier molecular flexibility index (Phi) is 5.62. The maximum atomic E-state index is 5.87. The molecule has 1 aromatic rings. The smallest absolute Gasteiger partial charge is 0.0594 e. The molecule has 1 N–H and O–H groups in total. The van der Waals surface area contributed by atoms with Crippen LogP contribution in [0, 0.1) is 6.92 Å². The van der Waals surface area contributed by atoms with Crippen molar-refractivity contribution in [1.82, 2.24) is 10.3 Å². The number of nitrogens with one attached hydrogen (secondary N) is 1. The van der Waals surface area contributed by atoms with Gasteiger partial charge in [-0.25, -0.2) is 0 Å². The number of aromatic nitrogens is 1. The van der Waals surface area contributed by atoms with Crippen molar-refractivity contribution in [3.63, 3.8) is 0 Å². The molecule has 2 rings (SSSR count). The Hall–Kier alpha value is -0.930. The molecule has 3 heteroatoms. The average molecular weight is 248 g/mol. The van der Waals surface area contributed by atoms with E-state index in [1.807, 2.05) is 12.4 Å². The van der Waals surface area contributed by atoms with Crippen LogP contribution >= 0.6 is 0 Å².